The largest absolute Gasteiger partial charge is 0.373 e. The van der Waals surface area contributed by atoms with E-state index in [1.54, 1.807) is 6.33 Å². The van der Waals surface area contributed by atoms with E-state index >= 15 is 0 Å². The van der Waals surface area contributed by atoms with Crippen molar-refractivity contribution in [1.29, 1.82) is 0 Å². The van der Waals surface area contributed by atoms with Crippen molar-refractivity contribution in [2.45, 2.75) is 26.7 Å². The summed E-state index contributed by atoms with van der Waals surface area (Å²) in [5.41, 5.74) is 4.12. The Balaban J connectivity index is 2.59. The average molecular weight is 242 g/mol. The first-order chi connectivity index (χ1) is 8.63. The predicted octanol–water partition coefficient (Wildman–Crippen LogP) is 3.01. The number of nitrogens with zero attached hydrogens (tertiary/aromatic N) is 3. The third kappa shape index (κ3) is 2.32. The van der Waals surface area contributed by atoms with E-state index in [0.29, 0.717) is 5.92 Å². The Labute approximate surface area is 108 Å². The van der Waals surface area contributed by atoms with Crippen molar-refractivity contribution >= 4 is 5.82 Å². The van der Waals surface area contributed by atoms with Crippen LogP contribution in [0.4, 0.5) is 5.82 Å². The van der Waals surface area contributed by atoms with E-state index in [9.17, 15) is 0 Å². The maximum Gasteiger partial charge on any atom is 0.133 e. The van der Waals surface area contributed by atoms with Crippen molar-refractivity contribution in [3.63, 3.8) is 0 Å². The first-order valence-corrected chi connectivity index (χ1v) is 6.09. The molecule has 0 aliphatic heterocycles. The molecular weight excluding hydrogens is 224 g/mol. The van der Waals surface area contributed by atoms with Crippen molar-refractivity contribution in [1.82, 2.24) is 15.0 Å². The molecular formula is C14H18N4. The molecule has 2 heterocycles. The van der Waals surface area contributed by atoms with Gasteiger partial charge in [0.2, 0.25) is 0 Å². The van der Waals surface area contributed by atoms with Crippen LogP contribution in [0.2, 0.25) is 0 Å². The predicted molar refractivity (Wildman–Crippen MR) is 73.6 cm³/mol. The SMILES string of the molecule is CNc1ncnc(-c2ccc(C)nc2)c1C(C)C. The molecule has 0 aromatic carbocycles. The van der Waals surface area contributed by atoms with E-state index in [1.165, 1.54) is 0 Å². The molecule has 4 heteroatoms. The topological polar surface area (TPSA) is 50.7 Å². The molecule has 2 aromatic rings. The number of hydrogen-bond donors (Lipinski definition) is 1. The summed E-state index contributed by atoms with van der Waals surface area (Å²) in [6, 6.07) is 4.05. The highest BCUT2D eigenvalue weighted by Gasteiger charge is 2.15. The van der Waals surface area contributed by atoms with E-state index < -0.39 is 0 Å². The van der Waals surface area contributed by atoms with Crippen LogP contribution in [-0.2, 0) is 0 Å². The van der Waals surface area contributed by atoms with Gasteiger partial charge < -0.3 is 5.32 Å². The smallest absolute Gasteiger partial charge is 0.133 e. The normalized spacial score (nSPS) is 10.7. The Morgan fingerprint density at radius 3 is 2.44 bits per heavy atom. The molecule has 2 aromatic heterocycles. The van der Waals surface area contributed by atoms with E-state index in [4.69, 9.17) is 0 Å². The van der Waals surface area contributed by atoms with E-state index in [2.05, 4.69) is 40.2 Å². The number of nitrogens with one attached hydrogen (secondary N) is 1. The second-order valence-electron chi connectivity index (χ2n) is 4.58. The molecule has 2 rings (SSSR count). The maximum atomic E-state index is 4.42. The van der Waals surface area contributed by atoms with Gasteiger partial charge in [-0.15, -0.1) is 0 Å². The molecule has 4 nitrogen and oxygen atoms in total. The highest BCUT2D eigenvalue weighted by Crippen LogP contribution is 2.31. The van der Waals surface area contributed by atoms with Crippen LogP contribution >= 0.6 is 0 Å². The molecule has 0 amide bonds. The van der Waals surface area contributed by atoms with Gasteiger partial charge in [0.25, 0.3) is 0 Å². The van der Waals surface area contributed by atoms with Gasteiger partial charge in [0.05, 0.1) is 5.69 Å². The Hall–Kier alpha value is -1.97. The van der Waals surface area contributed by atoms with Gasteiger partial charge in [-0.25, -0.2) is 9.97 Å². The number of hydrogen-bond acceptors (Lipinski definition) is 4. The van der Waals surface area contributed by atoms with E-state index in [0.717, 1.165) is 28.3 Å². The molecule has 0 fully saturated rings. The molecule has 94 valence electrons. The maximum absolute atomic E-state index is 4.42. The van der Waals surface area contributed by atoms with E-state index in [1.807, 2.05) is 26.2 Å². The summed E-state index contributed by atoms with van der Waals surface area (Å²) in [5, 5.41) is 3.13. The summed E-state index contributed by atoms with van der Waals surface area (Å²) in [4.78, 5) is 13.0. The van der Waals surface area contributed by atoms with Gasteiger partial charge >= 0.3 is 0 Å². The Morgan fingerprint density at radius 1 is 1.11 bits per heavy atom. The zero-order valence-corrected chi connectivity index (χ0v) is 11.2. The Morgan fingerprint density at radius 2 is 1.89 bits per heavy atom. The van der Waals surface area contributed by atoms with Gasteiger partial charge in [0.15, 0.2) is 0 Å². The lowest BCUT2D eigenvalue weighted by atomic mass is 9.98. The molecule has 1 N–H and O–H groups in total. The van der Waals surface area contributed by atoms with E-state index in [-0.39, 0.29) is 0 Å². The van der Waals surface area contributed by atoms with Crippen molar-refractivity contribution in [2.75, 3.05) is 12.4 Å². The summed E-state index contributed by atoms with van der Waals surface area (Å²) in [7, 11) is 1.88. The molecule has 0 saturated carbocycles. The van der Waals surface area contributed by atoms with Crippen molar-refractivity contribution in [3.05, 3.63) is 35.9 Å². The number of aryl methyl sites for hydroxylation is 1. The summed E-state index contributed by atoms with van der Waals surface area (Å²) in [5.74, 6) is 1.24. The van der Waals surface area contributed by atoms with Gasteiger partial charge in [-0.2, -0.15) is 0 Å². The summed E-state index contributed by atoms with van der Waals surface area (Å²) in [6.07, 6.45) is 3.45. The van der Waals surface area contributed by atoms with Crippen LogP contribution < -0.4 is 5.32 Å². The molecule has 0 unspecified atom stereocenters. The summed E-state index contributed by atoms with van der Waals surface area (Å²) in [6.45, 7) is 6.27. The van der Waals surface area contributed by atoms with Crippen LogP contribution in [0.15, 0.2) is 24.7 Å². The van der Waals surface area contributed by atoms with Gasteiger partial charge in [-0.05, 0) is 25.0 Å². The molecule has 0 aliphatic rings. The minimum atomic E-state index is 0.352. The second-order valence-corrected chi connectivity index (χ2v) is 4.58. The summed E-state index contributed by atoms with van der Waals surface area (Å²) < 4.78 is 0. The molecule has 0 atom stereocenters. The molecule has 0 radical (unpaired) electrons. The number of aromatic nitrogens is 3. The Kier molecular flexibility index (Phi) is 3.55. The Bertz CT molecular complexity index is 532. The molecule has 0 spiro atoms. The molecule has 0 aliphatic carbocycles. The fraction of sp³-hybridized carbons (Fsp3) is 0.357. The first-order valence-electron chi connectivity index (χ1n) is 6.09. The molecule has 18 heavy (non-hydrogen) atoms. The van der Waals surface area contributed by atoms with Crippen molar-refractivity contribution < 1.29 is 0 Å². The second kappa shape index (κ2) is 5.12. The zero-order chi connectivity index (χ0) is 13.1. The minimum Gasteiger partial charge on any atom is -0.373 e. The van der Waals surface area contributed by atoms with Crippen LogP contribution in [0.1, 0.15) is 31.0 Å². The lowest BCUT2D eigenvalue weighted by Crippen LogP contribution is -2.04. The first kappa shape index (κ1) is 12.5. The molecule has 0 bridgehead atoms. The van der Waals surface area contributed by atoms with Crippen LogP contribution in [0, 0.1) is 6.92 Å². The lowest BCUT2D eigenvalue weighted by Gasteiger charge is -2.15. The van der Waals surface area contributed by atoms with Crippen LogP contribution in [0.5, 0.6) is 0 Å². The monoisotopic (exact) mass is 242 g/mol. The highest BCUT2D eigenvalue weighted by molar-refractivity contribution is 5.68. The number of pyridine rings is 1. The number of anilines is 1. The third-order valence-corrected chi connectivity index (χ3v) is 2.88. The fourth-order valence-corrected chi connectivity index (χ4v) is 1.98. The van der Waals surface area contributed by atoms with Gasteiger partial charge in [0, 0.05) is 30.1 Å². The fourth-order valence-electron chi connectivity index (χ4n) is 1.98. The third-order valence-electron chi connectivity index (χ3n) is 2.88. The van der Waals surface area contributed by atoms with Crippen LogP contribution in [0.25, 0.3) is 11.3 Å². The summed E-state index contributed by atoms with van der Waals surface area (Å²) >= 11 is 0. The standard InChI is InChI=1S/C14H18N4/c1-9(2)12-13(17-8-18-14(12)15-4)11-6-5-10(3)16-7-11/h5-9H,1-4H3,(H,15,17,18). The van der Waals surface area contributed by atoms with Gasteiger partial charge in [-0.3, -0.25) is 4.98 Å². The molecule has 0 saturated heterocycles. The van der Waals surface area contributed by atoms with Crippen molar-refractivity contribution in [2.24, 2.45) is 0 Å². The lowest BCUT2D eigenvalue weighted by molar-refractivity contribution is 0.852. The van der Waals surface area contributed by atoms with Gasteiger partial charge in [-0.1, -0.05) is 13.8 Å². The van der Waals surface area contributed by atoms with Crippen molar-refractivity contribution in [3.8, 4) is 11.3 Å². The number of rotatable bonds is 3. The highest BCUT2D eigenvalue weighted by atomic mass is 15.0. The minimum absolute atomic E-state index is 0.352. The van der Waals surface area contributed by atoms with Crippen LogP contribution in [-0.4, -0.2) is 22.0 Å². The van der Waals surface area contributed by atoms with Gasteiger partial charge in [0.1, 0.15) is 12.1 Å². The quantitative estimate of drug-likeness (QED) is 0.898. The average Bonchev–Trinajstić information content (AvgIpc) is 2.38. The van der Waals surface area contributed by atoms with Crippen LogP contribution in [0.3, 0.4) is 0 Å². The zero-order valence-electron chi connectivity index (χ0n) is 11.2.